The molecule has 1 rings (SSSR count). The summed E-state index contributed by atoms with van der Waals surface area (Å²) < 4.78 is 22.8. The van der Waals surface area contributed by atoms with Gasteiger partial charge in [-0.2, -0.15) is 5.10 Å². The molecule has 6 heteroatoms. The topological polar surface area (TPSA) is 64.2 Å². The Hall–Kier alpha value is -0.640. The number of aryl methyl sites for hydroxylation is 2. The van der Waals surface area contributed by atoms with Gasteiger partial charge in [0.2, 0.25) is 0 Å². The second-order valence-electron chi connectivity index (χ2n) is 3.52. The lowest BCUT2D eigenvalue weighted by molar-refractivity contribution is 0.219. The number of aromatic amines is 1. The Kier molecular flexibility index (Phi) is 4.71. The van der Waals surface area contributed by atoms with E-state index in [4.69, 9.17) is 9.05 Å². The molecule has 0 aliphatic carbocycles. The SMILES string of the molecule is CCOP(=O)(Cc1c(C)n[nH]c1C)OCC. The number of rotatable bonds is 6. The van der Waals surface area contributed by atoms with Crippen LogP contribution >= 0.6 is 7.60 Å². The van der Waals surface area contributed by atoms with Crippen molar-refractivity contribution in [2.24, 2.45) is 0 Å². The fraction of sp³-hybridized carbons (Fsp3) is 0.700. The Labute approximate surface area is 96.1 Å². The van der Waals surface area contributed by atoms with Crippen molar-refractivity contribution in [3.8, 4) is 0 Å². The first kappa shape index (κ1) is 13.4. The molecule has 16 heavy (non-hydrogen) atoms. The van der Waals surface area contributed by atoms with Crippen molar-refractivity contribution in [2.75, 3.05) is 13.2 Å². The van der Waals surface area contributed by atoms with Gasteiger partial charge in [-0.05, 0) is 27.7 Å². The quantitative estimate of drug-likeness (QED) is 0.784. The normalized spacial score (nSPS) is 12.0. The Morgan fingerprint density at radius 2 is 1.81 bits per heavy atom. The molecular weight excluding hydrogens is 227 g/mol. The number of H-pyrrole nitrogens is 1. The van der Waals surface area contributed by atoms with Gasteiger partial charge in [0.1, 0.15) is 0 Å². The maximum absolute atomic E-state index is 12.3. The minimum absolute atomic E-state index is 0.281. The van der Waals surface area contributed by atoms with Crippen LogP contribution in [0.4, 0.5) is 0 Å². The van der Waals surface area contributed by atoms with Crippen LogP contribution in [0.3, 0.4) is 0 Å². The highest BCUT2D eigenvalue weighted by molar-refractivity contribution is 7.53. The van der Waals surface area contributed by atoms with Gasteiger partial charge in [0.25, 0.3) is 0 Å². The van der Waals surface area contributed by atoms with Gasteiger partial charge in [-0.1, -0.05) is 0 Å². The van der Waals surface area contributed by atoms with Crippen LogP contribution in [-0.4, -0.2) is 23.4 Å². The van der Waals surface area contributed by atoms with E-state index in [1.807, 2.05) is 13.8 Å². The molecule has 0 aliphatic rings. The van der Waals surface area contributed by atoms with Gasteiger partial charge in [0, 0.05) is 11.3 Å². The van der Waals surface area contributed by atoms with Gasteiger partial charge >= 0.3 is 7.60 Å². The average Bonchev–Trinajstić information content (AvgIpc) is 2.50. The predicted molar refractivity (Wildman–Crippen MR) is 62.6 cm³/mol. The summed E-state index contributed by atoms with van der Waals surface area (Å²) in [5.41, 5.74) is 2.68. The molecule has 0 saturated heterocycles. The van der Waals surface area contributed by atoms with E-state index in [1.54, 1.807) is 13.8 Å². The van der Waals surface area contributed by atoms with Gasteiger partial charge in [-0.15, -0.1) is 0 Å². The molecule has 1 aromatic rings. The Bertz CT molecular complexity index is 360. The highest BCUT2D eigenvalue weighted by Crippen LogP contribution is 2.51. The van der Waals surface area contributed by atoms with E-state index in [0.29, 0.717) is 13.2 Å². The van der Waals surface area contributed by atoms with E-state index in [9.17, 15) is 4.57 Å². The van der Waals surface area contributed by atoms with Crippen LogP contribution in [0.25, 0.3) is 0 Å². The molecule has 0 unspecified atom stereocenters. The van der Waals surface area contributed by atoms with E-state index in [1.165, 1.54) is 0 Å². The Morgan fingerprint density at radius 3 is 2.19 bits per heavy atom. The number of nitrogens with one attached hydrogen (secondary N) is 1. The molecule has 0 amide bonds. The van der Waals surface area contributed by atoms with Crippen molar-refractivity contribution in [2.45, 2.75) is 33.9 Å². The molecule has 0 saturated carbocycles. The molecule has 0 atom stereocenters. The van der Waals surface area contributed by atoms with Crippen molar-refractivity contribution in [1.29, 1.82) is 0 Å². The van der Waals surface area contributed by atoms with E-state index in [-0.39, 0.29) is 6.16 Å². The van der Waals surface area contributed by atoms with Crippen molar-refractivity contribution >= 4 is 7.60 Å². The van der Waals surface area contributed by atoms with Crippen LogP contribution in [0.15, 0.2) is 0 Å². The molecule has 0 bridgehead atoms. The Balaban J connectivity index is 2.87. The first-order valence-electron chi connectivity index (χ1n) is 5.41. The summed E-state index contributed by atoms with van der Waals surface area (Å²) in [5, 5.41) is 6.92. The van der Waals surface area contributed by atoms with Crippen molar-refractivity contribution < 1.29 is 13.6 Å². The molecule has 1 heterocycles. The summed E-state index contributed by atoms with van der Waals surface area (Å²) in [5.74, 6) is 0. The lowest BCUT2D eigenvalue weighted by Crippen LogP contribution is -2.00. The fourth-order valence-electron chi connectivity index (χ4n) is 1.52. The summed E-state index contributed by atoms with van der Waals surface area (Å²) in [4.78, 5) is 0. The van der Waals surface area contributed by atoms with Crippen LogP contribution in [0.1, 0.15) is 30.8 Å². The second kappa shape index (κ2) is 5.62. The summed E-state index contributed by atoms with van der Waals surface area (Å²) in [6.07, 6.45) is 0.281. The number of hydrogen-bond acceptors (Lipinski definition) is 4. The highest BCUT2D eigenvalue weighted by Gasteiger charge is 2.26. The van der Waals surface area contributed by atoms with Gasteiger partial charge in [0.15, 0.2) is 0 Å². The zero-order chi connectivity index (χ0) is 12.2. The lowest BCUT2D eigenvalue weighted by atomic mass is 10.2. The van der Waals surface area contributed by atoms with E-state index in [2.05, 4.69) is 10.2 Å². The highest BCUT2D eigenvalue weighted by atomic mass is 31.2. The Morgan fingerprint density at radius 1 is 1.25 bits per heavy atom. The number of hydrogen-bond donors (Lipinski definition) is 1. The zero-order valence-electron chi connectivity index (χ0n) is 10.2. The van der Waals surface area contributed by atoms with Crippen molar-refractivity contribution in [3.63, 3.8) is 0 Å². The number of aromatic nitrogens is 2. The molecule has 0 spiro atoms. The third-order valence-electron chi connectivity index (χ3n) is 2.28. The third kappa shape index (κ3) is 3.17. The monoisotopic (exact) mass is 246 g/mol. The summed E-state index contributed by atoms with van der Waals surface area (Å²) in [6.45, 7) is 8.15. The average molecular weight is 246 g/mol. The van der Waals surface area contributed by atoms with Crippen LogP contribution in [-0.2, 0) is 19.8 Å². The molecule has 1 N–H and O–H groups in total. The summed E-state index contributed by atoms with van der Waals surface area (Å²) >= 11 is 0. The maximum Gasteiger partial charge on any atom is 0.335 e. The summed E-state index contributed by atoms with van der Waals surface area (Å²) in [6, 6.07) is 0. The first-order valence-corrected chi connectivity index (χ1v) is 7.13. The molecular formula is C10H19N2O3P. The van der Waals surface area contributed by atoms with Gasteiger partial charge in [-0.3, -0.25) is 9.66 Å². The van der Waals surface area contributed by atoms with Crippen LogP contribution in [0.5, 0.6) is 0 Å². The van der Waals surface area contributed by atoms with E-state index in [0.717, 1.165) is 17.0 Å². The predicted octanol–water partition coefficient (Wildman–Crippen LogP) is 2.79. The molecule has 0 radical (unpaired) electrons. The second-order valence-corrected chi connectivity index (χ2v) is 5.57. The molecule has 0 aliphatic heterocycles. The molecule has 0 aromatic carbocycles. The minimum atomic E-state index is -3.02. The smallest absolute Gasteiger partial charge is 0.309 e. The van der Waals surface area contributed by atoms with Crippen LogP contribution in [0.2, 0.25) is 0 Å². The number of nitrogens with zero attached hydrogens (tertiary/aromatic N) is 1. The molecule has 0 fully saturated rings. The van der Waals surface area contributed by atoms with Crippen LogP contribution in [0, 0.1) is 13.8 Å². The van der Waals surface area contributed by atoms with Crippen molar-refractivity contribution in [3.05, 3.63) is 17.0 Å². The van der Waals surface area contributed by atoms with E-state index >= 15 is 0 Å². The lowest BCUT2D eigenvalue weighted by Gasteiger charge is -2.16. The standard InChI is InChI=1S/C10H19N2O3P/c1-5-14-16(13,15-6-2)7-10-8(3)11-12-9(10)4/h5-7H2,1-4H3,(H,11,12). The van der Waals surface area contributed by atoms with Crippen molar-refractivity contribution in [1.82, 2.24) is 10.2 Å². The van der Waals surface area contributed by atoms with E-state index < -0.39 is 7.60 Å². The van der Waals surface area contributed by atoms with Gasteiger partial charge in [0.05, 0.1) is 25.1 Å². The molecule has 5 nitrogen and oxygen atoms in total. The third-order valence-corrected chi connectivity index (χ3v) is 4.29. The maximum atomic E-state index is 12.3. The zero-order valence-corrected chi connectivity index (χ0v) is 11.1. The molecule has 1 aromatic heterocycles. The van der Waals surface area contributed by atoms with Crippen LogP contribution < -0.4 is 0 Å². The van der Waals surface area contributed by atoms with Gasteiger partial charge in [-0.25, -0.2) is 0 Å². The largest absolute Gasteiger partial charge is 0.335 e. The first-order chi connectivity index (χ1) is 7.52. The fourth-order valence-corrected chi connectivity index (χ4v) is 3.42. The minimum Gasteiger partial charge on any atom is -0.309 e. The van der Waals surface area contributed by atoms with Gasteiger partial charge < -0.3 is 9.05 Å². The summed E-state index contributed by atoms with van der Waals surface area (Å²) in [7, 11) is -3.02. The molecule has 92 valence electrons.